The third-order valence-corrected chi connectivity index (χ3v) is 2.43. The minimum Gasteiger partial charge on any atom is -0.386 e. The monoisotopic (exact) mass is 227 g/mol. The molecule has 0 aliphatic heterocycles. The Labute approximate surface area is 87.0 Å². The number of nitriles is 1. The van der Waals surface area contributed by atoms with Gasteiger partial charge in [0.2, 0.25) is 10.0 Å². The van der Waals surface area contributed by atoms with E-state index in [1.165, 1.54) is 18.3 Å². The van der Waals surface area contributed by atoms with Gasteiger partial charge >= 0.3 is 0 Å². The van der Waals surface area contributed by atoms with Crippen LogP contribution in [-0.4, -0.2) is 24.3 Å². The molecular weight excluding hydrogens is 218 g/mol. The summed E-state index contributed by atoms with van der Waals surface area (Å²) in [5, 5.41) is 22.7. The van der Waals surface area contributed by atoms with Crippen LogP contribution in [0.1, 0.15) is 17.4 Å². The maximum Gasteiger partial charge on any atom is 0.212 e. The van der Waals surface area contributed by atoms with Gasteiger partial charge in [-0.1, -0.05) is 0 Å². The van der Waals surface area contributed by atoms with Gasteiger partial charge in [0, 0.05) is 6.20 Å². The number of hydrogen-bond donors (Lipinski definition) is 2. The highest BCUT2D eigenvalue weighted by Gasteiger charge is 2.15. The van der Waals surface area contributed by atoms with Crippen molar-refractivity contribution in [3.05, 3.63) is 29.6 Å². The van der Waals surface area contributed by atoms with Crippen LogP contribution in [0.5, 0.6) is 0 Å². The van der Waals surface area contributed by atoms with Crippen molar-refractivity contribution in [2.24, 2.45) is 5.14 Å². The second kappa shape index (κ2) is 4.35. The number of sulfonamides is 1. The Hall–Kier alpha value is -1.49. The maximum absolute atomic E-state index is 10.7. The number of rotatable bonds is 3. The van der Waals surface area contributed by atoms with Gasteiger partial charge in [-0.3, -0.25) is 4.98 Å². The van der Waals surface area contributed by atoms with Crippen LogP contribution in [0.25, 0.3) is 0 Å². The summed E-state index contributed by atoms with van der Waals surface area (Å²) >= 11 is 0. The molecule has 0 unspecified atom stereocenters. The smallest absolute Gasteiger partial charge is 0.212 e. The Bertz CT molecular complexity index is 475. The van der Waals surface area contributed by atoms with Crippen molar-refractivity contribution in [1.82, 2.24) is 4.98 Å². The molecule has 0 spiro atoms. The molecule has 1 rings (SSSR count). The summed E-state index contributed by atoms with van der Waals surface area (Å²) in [6.45, 7) is 0. The van der Waals surface area contributed by atoms with Gasteiger partial charge in [-0.25, -0.2) is 13.6 Å². The largest absolute Gasteiger partial charge is 0.386 e. The Balaban J connectivity index is 2.84. The minimum atomic E-state index is -3.74. The third-order valence-electron chi connectivity index (χ3n) is 1.65. The zero-order chi connectivity index (χ0) is 11.5. The standard InChI is InChI=1S/C8H9N3O3S/c9-3-6-1-2-7(11-4-6)8(12)5-15(10,13)14/h1-2,4,8,12H,5H2,(H2,10,13,14)/t8-/m0/s1. The van der Waals surface area contributed by atoms with E-state index in [9.17, 15) is 13.5 Å². The van der Waals surface area contributed by atoms with Crippen LogP contribution in [0.4, 0.5) is 0 Å². The fraction of sp³-hybridized carbons (Fsp3) is 0.250. The lowest BCUT2D eigenvalue weighted by Gasteiger charge is -2.07. The molecule has 0 aliphatic rings. The number of aromatic nitrogens is 1. The van der Waals surface area contributed by atoms with Gasteiger partial charge in [0.25, 0.3) is 0 Å². The van der Waals surface area contributed by atoms with E-state index in [1.54, 1.807) is 0 Å². The minimum absolute atomic E-state index is 0.169. The maximum atomic E-state index is 10.7. The van der Waals surface area contributed by atoms with E-state index < -0.39 is 21.9 Å². The van der Waals surface area contributed by atoms with E-state index in [1.807, 2.05) is 6.07 Å². The van der Waals surface area contributed by atoms with Gasteiger partial charge < -0.3 is 5.11 Å². The van der Waals surface area contributed by atoms with Crippen molar-refractivity contribution in [2.45, 2.75) is 6.10 Å². The number of primary sulfonamides is 1. The van der Waals surface area contributed by atoms with E-state index in [2.05, 4.69) is 4.98 Å². The highest BCUT2D eigenvalue weighted by molar-refractivity contribution is 7.89. The lowest BCUT2D eigenvalue weighted by molar-refractivity contribution is 0.197. The molecule has 0 radical (unpaired) electrons. The third kappa shape index (κ3) is 3.63. The van der Waals surface area contributed by atoms with Crippen molar-refractivity contribution in [1.29, 1.82) is 5.26 Å². The first-order valence-corrected chi connectivity index (χ1v) is 5.68. The van der Waals surface area contributed by atoms with E-state index in [-0.39, 0.29) is 5.69 Å². The number of aliphatic hydroxyl groups is 1. The van der Waals surface area contributed by atoms with Gasteiger partial charge in [0.1, 0.15) is 12.2 Å². The van der Waals surface area contributed by atoms with E-state index in [4.69, 9.17) is 10.4 Å². The van der Waals surface area contributed by atoms with Crippen LogP contribution in [-0.2, 0) is 10.0 Å². The number of aliphatic hydroxyl groups excluding tert-OH is 1. The zero-order valence-electron chi connectivity index (χ0n) is 7.66. The van der Waals surface area contributed by atoms with E-state index in [0.717, 1.165) is 0 Å². The Morgan fingerprint density at radius 2 is 2.27 bits per heavy atom. The molecule has 3 N–H and O–H groups in total. The van der Waals surface area contributed by atoms with Gasteiger partial charge in [-0.15, -0.1) is 0 Å². The highest BCUT2D eigenvalue weighted by atomic mass is 32.2. The Morgan fingerprint density at radius 3 is 2.67 bits per heavy atom. The summed E-state index contributed by atoms with van der Waals surface area (Å²) in [5.41, 5.74) is 0.504. The highest BCUT2D eigenvalue weighted by Crippen LogP contribution is 2.11. The zero-order valence-corrected chi connectivity index (χ0v) is 8.48. The van der Waals surface area contributed by atoms with Crippen molar-refractivity contribution < 1.29 is 13.5 Å². The van der Waals surface area contributed by atoms with E-state index in [0.29, 0.717) is 5.56 Å². The quantitative estimate of drug-likeness (QED) is 0.706. The van der Waals surface area contributed by atoms with Crippen LogP contribution in [0, 0.1) is 11.3 Å². The summed E-state index contributed by atoms with van der Waals surface area (Å²) in [7, 11) is -3.74. The lowest BCUT2D eigenvalue weighted by atomic mass is 10.2. The summed E-state index contributed by atoms with van der Waals surface area (Å²) in [5.74, 6) is -0.591. The van der Waals surface area contributed by atoms with Crippen molar-refractivity contribution in [3.8, 4) is 6.07 Å². The first-order valence-electron chi connectivity index (χ1n) is 3.97. The molecule has 1 atom stereocenters. The first-order chi connectivity index (χ1) is 6.92. The summed E-state index contributed by atoms with van der Waals surface area (Å²) < 4.78 is 21.4. The number of nitrogens with zero attached hydrogens (tertiary/aromatic N) is 2. The fourth-order valence-electron chi connectivity index (χ4n) is 0.974. The molecule has 0 bridgehead atoms. The average molecular weight is 227 g/mol. The predicted octanol–water partition coefficient (Wildman–Crippen LogP) is -0.725. The molecule has 0 saturated heterocycles. The molecule has 15 heavy (non-hydrogen) atoms. The van der Waals surface area contributed by atoms with Gasteiger partial charge in [-0.2, -0.15) is 5.26 Å². The average Bonchev–Trinajstić information content (AvgIpc) is 2.15. The molecule has 0 saturated carbocycles. The molecule has 7 heteroatoms. The predicted molar refractivity (Wildman–Crippen MR) is 51.9 cm³/mol. The number of pyridine rings is 1. The SMILES string of the molecule is N#Cc1ccc([C@@H](O)CS(N)(=O)=O)nc1. The van der Waals surface area contributed by atoms with Gasteiger partial charge in [0.05, 0.1) is 17.0 Å². The molecule has 0 aliphatic carbocycles. The summed E-state index contributed by atoms with van der Waals surface area (Å²) in [6, 6.07) is 4.68. The van der Waals surface area contributed by atoms with Gasteiger partial charge in [-0.05, 0) is 12.1 Å². The first kappa shape index (κ1) is 11.6. The van der Waals surface area contributed by atoms with Gasteiger partial charge in [0.15, 0.2) is 0 Å². The lowest BCUT2D eigenvalue weighted by Crippen LogP contribution is -2.22. The second-order valence-corrected chi connectivity index (χ2v) is 4.59. The van der Waals surface area contributed by atoms with Crippen LogP contribution < -0.4 is 5.14 Å². The topological polar surface area (TPSA) is 117 Å². The number of hydrogen-bond acceptors (Lipinski definition) is 5. The molecule has 0 amide bonds. The molecule has 0 aromatic carbocycles. The molecule has 1 aromatic heterocycles. The van der Waals surface area contributed by atoms with Crippen LogP contribution >= 0.6 is 0 Å². The van der Waals surface area contributed by atoms with Crippen molar-refractivity contribution in [3.63, 3.8) is 0 Å². The molecule has 1 aromatic rings. The number of nitrogens with two attached hydrogens (primary N) is 1. The van der Waals surface area contributed by atoms with Crippen LogP contribution in [0.3, 0.4) is 0 Å². The second-order valence-electron chi connectivity index (χ2n) is 2.93. The molecule has 0 fully saturated rings. The molecule has 80 valence electrons. The fourth-order valence-corrected chi connectivity index (χ4v) is 1.58. The van der Waals surface area contributed by atoms with Crippen molar-refractivity contribution >= 4 is 10.0 Å². The molecule has 1 heterocycles. The Morgan fingerprint density at radius 1 is 1.60 bits per heavy atom. The Kier molecular flexibility index (Phi) is 3.36. The van der Waals surface area contributed by atoms with Crippen molar-refractivity contribution in [2.75, 3.05) is 5.75 Å². The summed E-state index contributed by atoms with van der Waals surface area (Å²) in [4.78, 5) is 3.74. The van der Waals surface area contributed by atoms with Crippen LogP contribution in [0.2, 0.25) is 0 Å². The van der Waals surface area contributed by atoms with Crippen LogP contribution in [0.15, 0.2) is 18.3 Å². The summed E-state index contributed by atoms with van der Waals surface area (Å²) in [6.07, 6.45) is -0.0189. The molecular formula is C8H9N3O3S. The normalized spacial score (nSPS) is 13.1. The molecule has 6 nitrogen and oxygen atoms in total. The van der Waals surface area contributed by atoms with E-state index >= 15 is 0 Å².